The minimum Gasteiger partial charge on any atom is -0.472 e. The van der Waals surface area contributed by atoms with E-state index in [1.807, 2.05) is 18.2 Å². The van der Waals surface area contributed by atoms with Gasteiger partial charge in [0.15, 0.2) is 0 Å². The van der Waals surface area contributed by atoms with Crippen LogP contribution in [-0.4, -0.2) is 36.3 Å². The lowest BCUT2D eigenvalue weighted by atomic mass is 10.1. The molecule has 1 aliphatic heterocycles. The SMILES string of the molecule is CCOC(=O)[C@@H]1C[C@@H](Oc2nc(Cl)cc3ccc(Br)cc23)CN1.Cl. The summed E-state index contributed by atoms with van der Waals surface area (Å²) in [6.45, 7) is 2.73. The number of rotatable bonds is 4. The van der Waals surface area contributed by atoms with Gasteiger partial charge in [-0.15, -0.1) is 12.4 Å². The number of hydrogen-bond acceptors (Lipinski definition) is 5. The zero-order chi connectivity index (χ0) is 16.4. The number of carbonyl (C=O) groups excluding carboxylic acids is 1. The molecule has 1 N–H and O–H groups in total. The van der Waals surface area contributed by atoms with E-state index in [9.17, 15) is 4.79 Å². The monoisotopic (exact) mass is 434 g/mol. The first-order valence-electron chi connectivity index (χ1n) is 7.39. The molecule has 2 aromatic rings. The minimum absolute atomic E-state index is 0. The maximum atomic E-state index is 11.8. The number of nitrogens with zero attached hydrogens (tertiary/aromatic N) is 1. The lowest BCUT2D eigenvalue weighted by Crippen LogP contribution is -2.32. The molecule has 0 bridgehead atoms. The molecule has 0 spiro atoms. The lowest BCUT2D eigenvalue weighted by molar-refractivity contribution is -0.145. The number of hydrogen-bond donors (Lipinski definition) is 1. The highest BCUT2D eigenvalue weighted by atomic mass is 79.9. The van der Waals surface area contributed by atoms with Crippen molar-refractivity contribution in [3.63, 3.8) is 0 Å². The van der Waals surface area contributed by atoms with Crippen molar-refractivity contribution in [2.75, 3.05) is 13.2 Å². The van der Waals surface area contributed by atoms with Gasteiger partial charge in [-0.05, 0) is 30.5 Å². The van der Waals surface area contributed by atoms with Crippen LogP contribution < -0.4 is 10.1 Å². The Labute approximate surface area is 159 Å². The van der Waals surface area contributed by atoms with E-state index in [1.54, 1.807) is 13.0 Å². The number of esters is 1. The Morgan fingerprint density at radius 2 is 2.25 bits per heavy atom. The van der Waals surface area contributed by atoms with Crippen molar-refractivity contribution in [3.05, 3.63) is 33.9 Å². The van der Waals surface area contributed by atoms with Gasteiger partial charge in [-0.2, -0.15) is 0 Å². The molecule has 1 aliphatic rings. The Balaban J connectivity index is 0.00000208. The van der Waals surface area contributed by atoms with Gasteiger partial charge >= 0.3 is 5.97 Å². The molecule has 1 aromatic carbocycles. The summed E-state index contributed by atoms with van der Waals surface area (Å²) in [7, 11) is 0. The average Bonchev–Trinajstić information content (AvgIpc) is 2.97. The quantitative estimate of drug-likeness (QED) is 0.585. The van der Waals surface area contributed by atoms with Gasteiger partial charge in [-0.3, -0.25) is 4.79 Å². The van der Waals surface area contributed by atoms with Gasteiger partial charge in [0.25, 0.3) is 0 Å². The second-order valence-corrected chi connectivity index (χ2v) is 6.61. The highest BCUT2D eigenvalue weighted by molar-refractivity contribution is 9.10. The summed E-state index contributed by atoms with van der Waals surface area (Å²) in [6.07, 6.45) is 0.389. The molecule has 3 rings (SSSR count). The maximum absolute atomic E-state index is 11.8. The third-order valence-corrected chi connectivity index (χ3v) is 4.36. The maximum Gasteiger partial charge on any atom is 0.323 e. The molecule has 24 heavy (non-hydrogen) atoms. The normalized spacial score (nSPS) is 19.8. The molecule has 2 heterocycles. The smallest absolute Gasteiger partial charge is 0.323 e. The van der Waals surface area contributed by atoms with E-state index in [0.717, 1.165) is 15.2 Å². The van der Waals surface area contributed by atoms with Crippen molar-refractivity contribution >= 4 is 56.7 Å². The van der Waals surface area contributed by atoms with Crippen molar-refractivity contribution in [2.45, 2.75) is 25.5 Å². The molecule has 1 aromatic heterocycles. The molecule has 0 saturated carbocycles. The number of ether oxygens (including phenoxy) is 2. The number of aromatic nitrogens is 1. The van der Waals surface area contributed by atoms with Crippen molar-refractivity contribution in [3.8, 4) is 5.88 Å². The van der Waals surface area contributed by atoms with Crippen molar-refractivity contribution in [2.24, 2.45) is 0 Å². The molecule has 130 valence electrons. The molecule has 1 saturated heterocycles. The predicted molar refractivity (Wildman–Crippen MR) is 99.2 cm³/mol. The Bertz CT molecular complexity index is 745. The van der Waals surface area contributed by atoms with Gasteiger partial charge in [-0.1, -0.05) is 33.6 Å². The van der Waals surface area contributed by atoms with E-state index >= 15 is 0 Å². The second kappa shape index (κ2) is 8.34. The van der Waals surface area contributed by atoms with Gasteiger partial charge < -0.3 is 14.8 Å². The van der Waals surface area contributed by atoms with Crippen LogP contribution >= 0.6 is 39.9 Å². The number of fused-ring (bicyclic) bond motifs is 1. The molecule has 5 nitrogen and oxygen atoms in total. The van der Waals surface area contributed by atoms with Crippen LogP contribution in [0.2, 0.25) is 5.15 Å². The Kier molecular flexibility index (Phi) is 6.69. The first kappa shape index (κ1) is 19.2. The van der Waals surface area contributed by atoms with Crippen LogP contribution in [-0.2, 0) is 9.53 Å². The summed E-state index contributed by atoms with van der Waals surface area (Å²) in [4.78, 5) is 16.1. The molecule has 2 atom stereocenters. The average molecular weight is 436 g/mol. The fourth-order valence-electron chi connectivity index (χ4n) is 2.62. The second-order valence-electron chi connectivity index (χ2n) is 5.30. The van der Waals surface area contributed by atoms with E-state index in [2.05, 4.69) is 26.2 Å². The standard InChI is InChI=1S/C16H16BrClN2O3.ClH/c1-2-22-16(21)13-7-11(8-19-13)23-15-12-6-10(17)4-3-9(12)5-14(18)20-15;/h3-6,11,13,19H,2,7-8H2,1H3;1H/t11-,13+;/m1./s1. The first-order chi connectivity index (χ1) is 11.1. The van der Waals surface area contributed by atoms with Crippen LogP contribution in [0.25, 0.3) is 10.8 Å². The van der Waals surface area contributed by atoms with Crippen molar-refractivity contribution in [1.82, 2.24) is 10.3 Å². The van der Waals surface area contributed by atoms with Crippen LogP contribution in [0.1, 0.15) is 13.3 Å². The first-order valence-corrected chi connectivity index (χ1v) is 8.56. The third-order valence-electron chi connectivity index (χ3n) is 3.67. The topological polar surface area (TPSA) is 60.5 Å². The molecule has 0 aliphatic carbocycles. The van der Waals surface area contributed by atoms with E-state index < -0.39 is 0 Å². The summed E-state index contributed by atoms with van der Waals surface area (Å²) in [6, 6.07) is 7.30. The van der Waals surface area contributed by atoms with Crippen molar-refractivity contribution in [1.29, 1.82) is 0 Å². The molecule has 0 unspecified atom stereocenters. The molecule has 0 radical (unpaired) electrons. The van der Waals surface area contributed by atoms with Crippen LogP contribution in [0.3, 0.4) is 0 Å². The zero-order valence-electron chi connectivity index (χ0n) is 12.9. The summed E-state index contributed by atoms with van der Waals surface area (Å²) in [5.41, 5.74) is 0. The fourth-order valence-corrected chi connectivity index (χ4v) is 3.18. The Morgan fingerprint density at radius 3 is 3.00 bits per heavy atom. The predicted octanol–water partition coefficient (Wildman–Crippen LogP) is 3.74. The third kappa shape index (κ3) is 4.30. The Morgan fingerprint density at radius 1 is 1.46 bits per heavy atom. The summed E-state index contributed by atoms with van der Waals surface area (Å²) < 4.78 is 12.0. The summed E-state index contributed by atoms with van der Waals surface area (Å²) in [5.74, 6) is 0.232. The number of nitrogens with one attached hydrogen (secondary N) is 1. The van der Waals surface area contributed by atoms with Crippen LogP contribution in [0.5, 0.6) is 5.88 Å². The fraction of sp³-hybridized carbons (Fsp3) is 0.375. The van der Waals surface area contributed by atoms with Crippen LogP contribution in [0, 0.1) is 0 Å². The van der Waals surface area contributed by atoms with Gasteiger partial charge in [0.2, 0.25) is 5.88 Å². The van der Waals surface area contributed by atoms with Crippen LogP contribution in [0.15, 0.2) is 28.7 Å². The largest absolute Gasteiger partial charge is 0.472 e. The highest BCUT2D eigenvalue weighted by Gasteiger charge is 2.32. The lowest BCUT2D eigenvalue weighted by Gasteiger charge is -2.14. The van der Waals surface area contributed by atoms with Gasteiger partial charge in [-0.25, -0.2) is 4.98 Å². The van der Waals surface area contributed by atoms with Gasteiger partial charge in [0, 0.05) is 22.8 Å². The molecular weight excluding hydrogens is 419 g/mol. The molecule has 1 fully saturated rings. The number of pyridine rings is 1. The van der Waals surface area contributed by atoms with E-state index in [-0.39, 0.29) is 30.5 Å². The molecule has 0 amide bonds. The van der Waals surface area contributed by atoms with E-state index in [1.165, 1.54) is 0 Å². The van der Waals surface area contributed by atoms with E-state index in [4.69, 9.17) is 21.1 Å². The molecule has 8 heteroatoms. The molecular formula is C16H17BrCl2N2O3. The number of halogens is 3. The van der Waals surface area contributed by atoms with E-state index in [0.29, 0.717) is 30.6 Å². The number of benzene rings is 1. The van der Waals surface area contributed by atoms with Crippen LogP contribution in [0.4, 0.5) is 0 Å². The Hall–Kier alpha value is -1.08. The van der Waals surface area contributed by atoms with Gasteiger partial charge in [0.05, 0.1) is 6.61 Å². The van der Waals surface area contributed by atoms with Gasteiger partial charge in [0.1, 0.15) is 17.3 Å². The minimum atomic E-state index is -0.336. The highest BCUT2D eigenvalue weighted by Crippen LogP contribution is 2.30. The van der Waals surface area contributed by atoms with Crippen molar-refractivity contribution < 1.29 is 14.3 Å². The summed E-state index contributed by atoms with van der Waals surface area (Å²) in [5, 5.41) is 5.33. The zero-order valence-corrected chi connectivity index (χ0v) is 16.1. The summed E-state index contributed by atoms with van der Waals surface area (Å²) >= 11 is 9.53. The number of carbonyl (C=O) groups is 1.